The Balaban J connectivity index is 2.20. The smallest absolute Gasteiger partial charge is 0.411 e. The Labute approximate surface area is 104 Å². The summed E-state index contributed by atoms with van der Waals surface area (Å²) in [5, 5.41) is 12.4. The van der Waals surface area contributed by atoms with Crippen molar-refractivity contribution in [2.24, 2.45) is 0 Å². The van der Waals surface area contributed by atoms with Crippen molar-refractivity contribution in [1.29, 1.82) is 0 Å². The third-order valence-corrected chi connectivity index (χ3v) is 2.24. The molecule has 1 rings (SSSR count). The molecule has 102 valence electrons. The summed E-state index contributed by atoms with van der Waals surface area (Å²) in [4.78, 5) is 0. The van der Waals surface area contributed by atoms with Gasteiger partial charge in [0.2, 0.25) is 0 Å². The highest BCUT2D eigenvalue weighted by Crippen LogP contribution is 2.17. The number of benzene rings is 1. The number of phenols is 1. The van der Waals surface area contributed by atoms with Crippen LogP contribution in [0.1, 0.15) is 11.1 Å². The van der Waals surface area contributed by atoms with Crippen LogP contribution < -0.4 is 5.32 Å². The molecule has 0 amide bonds. The largest absolute Gasteiger partial charge is 0.508 e. The average molecular weight is 263 g/mol. The molecule has 0 spiro atoms. The quantitative estimate of drug-likeness (QED) is 0.774. The van der Waals surface area contributed by atoms with Crippen LogP contribution in [-0.4, -0.2) is 31.0 Å². The van der Waals surface area contributed by atoms with E-state index in [1.807, 2.05) is 13.0 Å². The van der Waals surface area contributed by atoms with Gasteiger partial charge in [-0.1, -0.05) is 17.7 Å². The van der Waals surface area contributed by atoms with Crippen molar-refractivity contribution in [3.63, 3.8) is 0 Å². The molecule has 0 saturated heterocycles. The SMILES string of the molecule is Cc1ccc(O)c(CNCCOCC(F)(F)F)c1. The van der Waals surface area contributed by atoms with E-state index in [1.54, 1.807) is 12.1 Å². The van der Waals surface area contributed by atoms with Crippen molar-refractivity contribution in [3.8, 4) is 5.75 Å². The summed E-state index contributed by atoms with van der Waals surface area (Å²) in [6, 6.07) is 5.19. The zero-order valence-corrected chi connectivity index (χ0v) is 10.0. The molecule has 0 saturated carbocycles. The minimum atomic E-state index is -4.28. The molecule has 1 aromatic rings. The predicted molar refractivity (Wildman–Crippen MR) is 61.4 cm³/mol. The lowest BCUT2D eigenvalue weighted by Gasteiger charge is -2.09. The van der Waals surface area contributed by atoms with Crippen LogP contribution in [0.3, 0.4) is 0 Å². The summed E-state index contributed by atoms with van der Waals surface area (Å²) < 4.78 is 39.7. The summed E-state index contributed by atoms with van der Waals surface area (Å²) in [6.45, 7) is 1.33. The van der Waals surface area contributed by atoms with Gasteiger partial charge in [0.25, 0.3) is 0 Å². The van der Waals surface area contributed by atoms with Crippen LogP contribution in [-0.2, 0) is 11.3 Å². The monoisotopic (exact) mass is 263 g/mol. The van der Waals surface area contributed by atoms with E-state index in [0.717, 1.165) is 5.56 Å². The van der Waals surface area contributed by atoms with Crippen LogP contribution >= 0.6 is 0 Å². The van der Waals surface area contributed by atoms with Crippen LogP contribution in [0.15, 0.2) is 18.2 Å². The fourth-order valence-electron chi connectivity index (χ4n) is 1.41. The van der Waals surface area contributed by atoms with E-state index in [1.165, 1.54) is 0 Å². The number of hydrogen-bond donors (Lipinski definition) is 2. The van der Waals surface area contributed by atoms with Crippen LogP contribution in [0, 0.1) is 6.92 Å². The van der Waals surface area contributed by atoms with Crippen molar-refractivity contribution in [2.75, 3.05) is 19.8 Å². The number of phenolic OH excluding ortho intramolecular Hbond substituents is 1. The second kappa shape index (κ2) is 6.61. The number of nitrogens with one attached hydrogen (secondary N) is 1. The average Bonchev–Trinajstić information content (AvgIpc) is 2.26. The van der Waals surface area contributed by atoms with Crippen molar-refractivity contribution < 1.29 is 23.0 Å². The highest BCUT2D eigenvalue weighted by atomic mass is 19.4. The van der Waals surface area contributed by atoms with E-state index in [-0.39, 0.29) is 12.4 Å². The number of aromatic hydroxyl groups is 1. The molecule has 0 unspecified atom stereocenters. The Morgan fingerprint density at radius 1 is 1.33 bits per heavy atom. The lowest BCUT2D eigenvalue weighted by atomic mass is 10.1. The molecule has 0 aliphatic carbocycles. The number of alkyl halides is 3. The minimum absolute atomic E-state index is 0.0217. The van der Waals surface area contributed by atoms with Gasteiger partial charge in [0, 0.05) is 18.7 Å². The topological polar surface area (TPSA) is 41.5 Å². The summed E-state index contributed by atoms with van der Waals surface area (Å²) >= 11 is 0. The van der Waals surface area contributed by atoms with E-state index in [0.29, 0.717) is 18.7 Å². The van der Waals surface area contributed by atoms with Crippen LogP contribution in [0.4, 0.5) is 13.2 Å². The van der Waals surface area contributed by atoms with Crippen molar-refractivity contribution in [3.05, 3.63) is 29.3 Å². The number of rotatable bonds is 6. The minimum Gasteiger partial charge on any atom is -0.508 e. The van der Waals surface area contributed by atoms with Crippen molar-refractivity contribution >= 4 is 0 Å². The van der Waals surface area contributed by atoms with E-state index in [2.05, 4.69) is 10.1 Å². The first-order valence-electron chi connectivity index (χ1n) is 5.52. The predicted octanol–water partition coefficient (Wildman–Crippen LogP) is 2.37. The van der Waals surface area contributed by atoms with Gasteiger partial charge in [0.05, 0.1) is 6.61 Å². The Morgan fingerprint density at radius 3 is 2.72 bits per heavy atom. The molecule has 18 heavy (non-hydrogen) atoms. The van der Waals surface area contributed by atoms with Gasteiger partial charge in [-0.25, -0.2) is 0 Å². The lowest BCUT2D eigenvalue weighted by molar-refractivity contribution is -0.173. The normalized spacial score (nSPS) is 11.8. The van der Waals surface area contributed by atoms with Gasteiger partial charge in [-0.15, -0.1) is 0 Å². The summed E-state index contributed by atoms with van der Waals surface area (Å²) in [7, 11) is 0. The highest BCUT2D eigenvalue weighted by molar-refractivity contribution is 5.35. The molecule has 0 aromatic heterocycles. The molecule has 0 aliphatic rings. The molecule has 0 bridgehead atoms. The van der Waals surface area contributed by atoms with Gasteiger partial charge in [0.1, 0.15) is 12.4 Å². The fraction of sp³-hybridized carbons (Fsp3) is 0.500. The molecule has 3 nitrogen and oxygen atoms in total. The maximum atomic E-state index is 11.7. The van der Waals surface area contributed by atoms with Gasteiger partial charge in [-0.3, -0.25) is 0 Å². The maximum Gasteiger partial charge on any atom is 0.411 e. The van der Waals surface area contributed by atoms with Gasteiger partial charge >= 0.3 is 6.18 Å². The highest BCUT2D eigenvalue weighted by Gasteiger charge is 2.27. The lowest BCUT2D eigenvalue weighted by Crippen LogP contribution is -2.23. The standard InChI is InChI=1S/C12H16F3NO2/c1-9-2-3-11(17)10(6-9)7-16-4-5-18-8-12(13,14)15/h2-3,6,16-17H,4-5,7-8H2,1H3. The molecular formula is C12H16F3NO2. The first-order valence-corrected chi connectivity index (χ1v) is 5.52. The molecule has 2 N–H and O–H groups in total. The summed E-state index contributed by atoms with van der Waals surface area (Å²) in [5.41, 5.74) is 1.73. The van der Waals surface area contributed by atoms with E-state index < -0.39 is 12.8 Å². The Kier molecular flexibility index (Phi) is 5.43. The zero-order valence-electron chi connectivity index (χ0n) is 10.0. The Hall–Kier alpha value is -1.27. The summed E-state index contributed by atoms with van der Waals surface area (Å²) in [6.07, 6.45) is -4.28. The Bertz CT molecular complexity index is 380. The van der Waals surface area contributed by atoms with Gasteiger partial charge < -0.3 is 15.2 Å². The number of aryl methyl sites for hydroxylation is 1. The number of halogens is 3. The first kappa shape index (κ1) is 14.8. The molecule has 0 radical (unpaired) electrons. The Morgan fingerprint density at radius 2 is 2.06 bits per heavy atom. The molecule has 0 heterocycles. The maximum absolute atomic E-state index is 11.7. The van der Waals surface area contributed by atoms with Crippen molar-refractivity contribution in [1.82, 2.24) is 5.32 Å². The van der Waals surface area contributed by atoms with Crippen LogP contribution in [0.2, 0.25) is 0 Å². The van der Waals surface area contributed by atoms with Crippen molar-refractivity contribution in [2.45, 2.75) is 19.6 Å². The number of ether oxygens (including phenoxy) is 1. The molecule has 0 atom stereocenters. The van der Waals surface area contributed by atoms with E-state index in [9.17, 15) is 18.3 Å². The molecule has 1 aromatic carbocycles. The second-order valence-corrected chi connectivity index (χ2v) is 3.98. The van der Waals surface area contributed by atoms with Crippen LogP contribution in [0.25, 0.3) is 0 Å². The molecule has 6 heteroatoms. The van der Waals surface area contributed by atoms with E-state index in [4.69, 9.17) is 0 Å². The summed E-state index contributed by atoms with van der Waals surface area (Å²) in [5.74, 6) is 0.171. The van der Waals surface area contributed by atoms with E-state index >= 15 is 0 Å². The third-order valence-electron chi connectivity index (χ3n) is 2.24. The number of hydrogen-bond acceptors (Lipinski definition) is 3. The molecular weight excluding hydrogens is 247 g/mol. The molecule has 0 aliphatic heterocycles. The first-order chi connectivity index (χ1) is 8.38. The van der Waals surface area contributed by atoms with Crippen LogP contribution in [0.5, 0.6) is 5.75 Å². The van der Waals surface area contributed by atoms with Gasteiger partial charge in [-0.05, 0) is 13.0 Å². The molecule has 0 fully saturated rings. The van der Waals surface area contributed by atoms with Gasteiger partial charge in [-0.2, -0.15) is 13.2 Å². The zero-order chi connectivity index (χ0) is 13.6. The van der Waals surface area contributed by atoms with Gasteiger partial charge in [0.15, 0.2) is 0 Å². The third kappa shape index (κ3) is 5.88. The second-order valence-electron chi connectivity index (χ2n) is 3.98. The fourth-order valence-corrected chi connectivity index (χ4v) is 1.41.